The summed E-state index contributed by atoms with van der Waals surface area (Å²) < 4.78 is 49.1. The maximum absolute atomic E-state index is 13.7. The lowest BCUT2D eigenvalue weighted by Crippen LogP contribution is -2.29. The first-order valence-corrected chi connectivity index (χ1v) is 16.3. The topological polar surface area (TPSA) is 244 Å². The Balaban J connectivity index is 2.11. The standard InChI is InChI=1S/C28H38FN5O13S/c1-18(2)26-23(27(19-7-9-20(29)10-8-19)31-28(30-26)32(3)48(4,42)43)12-11-21(35)15-22(36)16-24(37)45-17-25(47-34(40)41)44-13-5-6-14-46-33(38)39/h7-12,18,21-22,25,35-36H,5-6,13-17H2,1-4H3/b12-11+/t21-,22-,25?/m1/s1. The molecule has 0 saturated heterocycles. The quantitative estimate of drug-likeness (QED) is 0.0623. The Morgan fingerprint density at radius 2 is 1.73 bits per heavy atom. The van der Waals surface area contributed by atoms with Crippen molar-refractivity contribution in [2.45, 2.75) is 63.9 Å². The molecule has 0 aliphatic heterocycles. The number of rotatable bonds is 21. The second-order valence-corrected chi connectivity index (χ2v) is 12.7. The number of aliphatic hydroxyl groups excluding tert-OH is 2. The van der Waals surface area contributed by atoms with Gasteiger partial charge in [0, 0.05) is 31.2 Å². The van der Waals surface area contributed by atoms with Crippen molar-refractivity contribution >= 4 is 28.0 Å². The Morgan fingerprint density at radius 1 is 1.08 bits per heavy atom. The number of halogens is 1. The summed E-state index contributed by atoms with van der Waals surface area (Å²) in [5.41, 5.74) is 1.51. The van der Waals surface area contributed by atoms with E-state index in [4.69, 9.17) is 9.47 Å². The third kappa shape index (κ3) is 13.7. The number of aliphatic hydroxyl groups is 2. The van der Waals surface area contributed by atoms with Crippen molar-refractivity contribution in [1.82, 2.24) is 9.97 Å². The van der Waals surface area contributed by atoms with Crippen molar-refractivity contribution in [2.24, 2.45) is 0 Å². The molecule has 1 aromatic heterocycles. The largest absolute Gasteiger partial charge is 0.461 e. The maximum Gasteiger partial charge on any atom is 0.308 e. The van der Waals surface area contributed by atoms with Crippen LogP contribution in [0.2, 0.25) is 0 Å². The first kappa shape index (κ1) is 39.6. The minimum absolute atomic E-state index is 0.120. The predicted octanol–water partition coefficient (Wildman–Crippen LogP) is 2.40. The van der Waals surface area contributed by atoms with Crippen molar-refractivity contribution in [2.75, 3.05) is 37.4 Å². The Labute approximate surface area is 275 Å². The molecule has 2 rings (SSSR count). The van der Waals surface area contributed by atoms with Gasteiger partial charge in [-0.2, -0.15) is 0 Å². The van der Waals surface area contributed by atoms with Crippen LogP contribution in [0.25, 0.3) is 17.3 Å². The summed E-state index contributed by atoms with van der Waals surface area (Å²) in [5, 5.41) is 39.8. The Morgan fingerprint density at radius 3 is 2.31 bits per heavy atom. The maximum atomic E-state index is 13.7. The number of carbonyl (C=O) groups is 1. The van der Waals surface area contributed by atoms with Crippen LogP contribution in [0.1, 0.15) is 56.7 Å². The van der Waals surface area contributed by atoms with Gasteiger partial charge in [0.05, 0.1) is 42.9 Å². The fraction of sp³-hybridized carbons (Fsp3) is 0.536. The molecule has 0 aliphatic carbocycles. The number of carbonyl (C=O) groups excluding carboxylic acids is 1. The second kappa shape index (κ2) is 18.7. The highest BCUT2D eigenvalue weighted by atomic mass is 32.2. The molecule has 1 aromatic carbocycles. The molecule has 1 heterocycles. The Bertz CT molecular complexity index is 1530. The number of aromatic nitrogens is 2. The number of hydrogen-bond acceptors (Lipinski definition) is 15. The van der Waals surface area contributed by atoms with Gasteiger partial charge in [-0.05, 0) is 43.0 Å². The number of hydrogen-bond donors (Lipinski definition) is 2. The molecule has 0 amide bonds. The smallest absolute Gasteiger partial charge is 0.308 e. The highest BCUT2D eigenvalue weighted by molar-refractivity contribution is 7.92. The first-order chi connectivity index (χ1) is 22.5. The number of benzene rings is 1. The van der Waals surface area contributed by atoms with Gasteiger partial charge in [0.25, 0.3) is 10.2 Å². The van der Waals surface area contributed by atoms with Crippen LogP contribution in [0.5, 0.6) is 0 Å². The summed E-state index contributed by atoms with van der Waals surface area (Å²) >= 11 is 0. The van der Waals surface area contributed by atoms with Crippen LogP contribution in [0.3, 0.4) is 0 Å². The van der Waals surface area contributed by atoms with E-state index in [1.165, 1.54) is 43.5 Å². The lowest BCUT2D eigenvalue weighted by atomic mass is 9.97. The molecule has 18 nitrogen and oxygen atoms in total. The average Bonchev–Trinajstić information content (AvgIpc) is 2.99. The molecular formula is C28H38FN5O13S. The van der Waals surface area contributed by atoms with E-state index in [0.717, 1.165) is 10.6 Å². The van der Waals surface area contributed by atoms with Gasteiger partial charge < -0.3 is 24.5 Å². The summed E-state index contributed by atoms with van der Waals surface area (Å²) in [4.78, 5) is 50.4. The molecule has 20 heteroatoms. The van der Waals surface area contributed by atoms with Crippen molar-refractivity contribution < 1.29 is 57.1 Å². The van der Waals surface area contributed by atoms with E-state index in [9.17, 15) is 48.0 Å². The average molecular weight is 704 g/mol. The fourth-order valence-corrected chi connectivity index (χ4v) is 4.40. The van der Waals surface area contributed by atoms with Gasteiger partial charge >= 0.3 is 5.97 Å². The molecule has 0 bridgehead atoms. The van der Waals surface area contributed by atoms with Crippen LogP contribution in [0, 0.1) is 26.0 Å². The number of nitrogens with zero attached hydrogens (tertiary/aromatic N) is 5. The lowest BCUT2D eigenvalue weighted by molar-refractivity contribution is -0.781. The van der Waals surface area contributed by atoms with Crippen molar-refractivity contribution in [3.05, 3.63) is 67.6 Å². The van der Waals surface area contributed by atoms with Gasteiger partial charge in [-0.25, -0.2) is 27.1 Å². The Hall–Kier alpha value is -4.53. The van der Waals surface area contributed by atoms with Crippen molar-refractivity contribution in [3.63, 3.8) is 0 Å². The number of anilines is 1. The molecule has 266 valence electrons. The highest BCUT2D eigenvalue weighted by Gasteiger charge is 2.23. The van der Waals surface area contributed by atoms with E-state index >= 15 is 0 Å². The first-order valence-electron chi connectivity index (χ1n) is 14.5. The van der Waals surface area contributed by atoms with E-state index in [2.05, 4.69) is 19.6 Å². The van der Waals surface area contributed by atoms with Crippen LogP contribution in [0.4, 0.5) is 10.3 Å². The molecule has 48 heavy (non-hydrogen) atoms. The van der Waals surface area contributed by atoms with Gasteiger partial charge in [-0.3, -0.25) is 9.63 Å². The zero-order valence-electron chi connectivity index (χ0n) is 26.6. The van der Waals surface area contributed by atoms with E-state index < -0.39 is 63.5 Å². The summed E-state index contributed by atoms with van der Waals surface area (Å²) in [6.07, 6.45) is -1.01. The third-order valence-electron chi connectivity index (χ3n) is 6.43. The molecule has 2 aromatic rings. The van der Waals surface area contributed by atoms with E-state index in [1.807, 2.05) is 13.8 Å². The number of unbranched alkanes of at least 4 members (excludes halogenated alkanes) is 1. The monoisotopic (exact) mass is 703 g/mol. The van der Waals surface area contributed by atoms with E-state index in [0.29, 0.717) is 16.8 Å². The third-order valence-corrected chi connectivity index (χ3v) is 7.59. The number of sulfonamides is 1. The molecule has 1 unspecified atom stereocenters. The number of ether oxygens (including phenoxy) is 2. The molecular weight excluding hydrogens is 665 g/mol. The normalized spacial score (nSPS) is 13.6. The fourth-order valence-electron chi connectivity index (χ4n) is 4.02. The van der Waals surface area contributed by atoms with Crippen LogP contribution in [0.15, 0.2) is 30.3 Å². The van der Waals surface area contributed by atoms with Crippen LogP contribution < -0.4 is 4.31 Å². The van der Waals surface area contributed by atoms with E-state index in [1.54, 1.807) is 0 Å². The van der Waals surface area contributed by atoms with Crippen LogP contribution in [-0.2, 0) is 34.0 Å². The minimum Gasteiger partial charge on any atom is -0.461 e. The molecule has 0 fully saturated rings. The Kier molecular flexibility index (Phi) is 15.5. The van der Waals surface area contributed by atoms with Gasteiger partial charge in [0.2, 0.25) is 22.3 Å². The second-order valence-electron chi connectivity index (χ2n) is 10.7. The van der Waals surface area contributed by atoms with Gasteiger partial charge in [-0.1, -0.05) is 26.0 Å². The SMILES string of the molecule is CC(C)c1nc(N(C)S(C)(=O)=O)nc(-c2ccc(F)cc2)c1/C=C/[C@@H](O)C[C@@H](O)CC(=O)OCC(OCCCCO[N+](=O)[O-])O[N+](=O)[O-]. The zero-order valence-corrected chi connectivity index (χ0v) is 27.4. The molecule has 3 atom stereocenters. The minimum atomic E-state index is -3.73. The zero-order chi connectivity index (χ0) is 36.0. The summed E-state index contributed by atoms with van der Waals surface area (Å²) in [7, 11) is -2.44. The summed E-state index contributed by atoms with van der Waals surface area (Å²) in [6, 6.07) is 5.33. The summed E-state index contributed by atoms with van der Waals surface area (Å²) in [6.45, 7) is 2.59. The number of esters is 1. The molecule has 0 aliphatic rings. The molecule has 0 saturated carbocycles. The molecule has 2 N–H and O–H groups in total. The van der Waals surface area contributed by atoms with Gasteiger partial charge in [-0.15, -0.1) is 20.2 Å². The molecule has 0 radical (unpaired) electrons. The predicted molar refractivity (Wildman–Crippen MR) is 166 cm³/mol. The molecule has 0 spiro atoms. The van der Waals surface area contributed by atoms with Gasteiger partial charge in [0.15, 0.2) is 0 Å². The van der Waals surface area contributed by atoms with Crippen molar-refractivity contribution in [3.8, 4) is 11.3 Å². The van der Waals surface area contributed by atoms with Crippen molar-refractivity contribution in [1.29, 1.82) is 0 Å². The lowest BCUT2D eigenvalue weighted by Gasteiger charge is -2.20. The highest BCUT2D eigenvalue weighted by Crippen LogP contribution is 2.31. The van der Waals surface area contributed by atoms with Crippen LogP contribution >= 0.6 is 0 Å². The van der Waals surface area contributed by atoms with Crippen LogP contribution in [-0.4, -0.2) is 96.4 Å². The van der Waals surface area contributed by atoms with Gasteiger partial charge in [0.1, 0.15) is 12.4 Å². The van der Waals surface area contributed by atoms with E-state index in [-0.39, 0.29) is 50.0 Å². The summed E-state index contributed by atoms with van der Waals surface area (Å²) in [5.74, 6) is -1.86.